The molecule has 1 saturated carbocycles. The molecule has 0 saturated heterocycles. The van der Waals surface area contributed by atoms with E-state index in [1.165, 1.54) is 12.8 Å². The predicted octanol–water partition coefficient (Wildman–Crippen LogP) is 1.62. The lowest BCUT2D eigenvalue weighted by Crippen LogP contribution is -2.56. The highest BCUT2D eigenvalue weighted by molar-refractivity contribution is 5.83. The monoisotopic (exact) mass is 212 g/mol. The van der Waals surface area contributed by atoms with Gasteiger partial charge < -0.3 is 10.6 Å². The van der Waals surface area contributed by atoms with Crippen LogP contribution in [0.2, 0.25) is 0 Å². The second kappa shape index (κ2) is 3.78. The van der Waals surface area contributed by atoms with Crippen molar-refractivity contribution in [3.05, 3.63) is 0 Å². The Labute approximate surface area is 93.0 Å². The molecule has 2 N–H and O–H groups in total. The van der Waals surface area contributed by atoms with Crippen molar-refractivity contribution < 1.29 is 4.79 Å². The summed E-state index contributed by atoms with van der Waals surface area (Å²) < 4.78 is 0. The van der Waals surface area contributed by atoms with Gasteiger partial charge >= 0.3 is 0 Å². The fourth-order valence-corrected chi connectivity index (χ4v) is 1.52. The van der Waals surface area contributed by atoms with Gasteiger partial charge in [0.25, 0.3) is 0 Å². The average molecular weight is 212 g/mol. The van der Waals surface area contributed by atoms with Gasteiger partial charge in [-0.2, -0.15) is 0 Å². The zero-order valence-corrected chi connectivity index (χ0v) is 10.6. The maximum absolute atomic E-state index is 12.2. The van der Waals surface area contributed by atoms with E-state index in [4.69, 9.17) is 5.73 Å². The van der Waals surface area contributed by atoms with Crippen molar-refractivity contribution in [3.63, 3.8) is 0 Å². The summed E-state index contributed by atoms with van der Waals surface area (Å²) in [6, 6.07) is 0. The minimum atomic E-state index is -0.503. The third-order valence-corrected chi connectivity index (χ3v) is 3.72. The van der Waals surface area contributed by atoms with Crippen LogP contribution in [0.5, 0.6) is 0 Å². The van der Waals surface area contributed by atoms with E-state index in [-0.39, 0.29) is 5.91 Å². The number of nitrogens with two attached hydrogens (primary N) is 1. The maximum atomic E-state index is 12.2. The number of hydrogen-bond acceptors (Lipinski definition) is 2. The van der Waals surface area contributed by atoms with Crippen molar-refractivity contribution in [1.82, 2.24) is 4.90 Å². The van der Waals surface area contributed by atoms with Crippen LogP contribution in [0.15, 0.2) is 0 Å². The lowest BCUT2D eigenvalue weighted by Gasteiger charge is -2.39. The fraction of sp³-hybridized carbons (Fsp3) is 0.917. The van der Waals surface area contributed by atoms with Gasteiger partial charge in [0.15, 0.2) is 0 Å². The number of hydrogen-bond donors (Lipinski definition) is 1. The van der Waals surface area contributed by atoms with Crippen molar-refractivity contribution in [3.8, 4) is 0 Å². The summed E-state index contributed by atoms with van der Waals surface area (Å²) in [6.07, 6.45) is 2.54. The molecule has 0 spiro atoms. The van der Waals surface area contributed by atoms with Gasteiger partial charge in [0.2, 0.25) is 5.91 Å². The summed E-state index contributed by atoms with van der Waals surface area (Å²) in [5, 5.41) is 0. The van der Waals surface area contributed by atoms with Crippen LogP contribution in [0.4, 0.5) is 0 Å². The van der Waals surface area contributed by atoms with Crippen LogP contribution in [0.1, 0.15) is 40.5 Å². The van der Waals surface area contributed by atoms with Gasteiger partial charge in [0.05, 0.1) is 5.41 Å². The molecule has 1 aliphatic rings. The molecule has 1 aliphatic carbocycles. The first-order chi connectivity index (χ1) is 6.66. The number of rotatable bonds is 4. The van der Waals surface area contributed by atoms with Crippen molar-refractivity contribution >= 4 is 5.91 Å². The second-order valence-corrected chi connectivity index (χ2v) is 5.98. The van der Waals surface area contributed by atoms with Crippen molar-refractivity contribution in [2.75, 3.05) is 13.6 Å². The molecule has 0 aromatic carbocycles. The highest BCUT2D eigenvalue weighted by Crippen LogP contribution is 2.33. The molecule has 1 rings (SSSR count). The Bertz CT molecular complexity index is 249. The lowest BCUT2D eigenvalue weighted by molar-refractivity contribution is -0.142. The number of nitrogens with zero attached hydrogens (tertiary/aromatic N) is 1. The fourth-order valence-electron chi connectivity index (χ4n) is 1.52. The Kier molecular flexibility index (Phi) is 3.15. The first kappa shape index (κ1) is 12.5. The first-order valence-corrected chi connectivity index (χ1v) is 5.70. The topological polar surface area (TPSA) is 46.3 Å². The summed E-state index contributed by atoms with van der Waals surface area (Å²) in [5.74, 6) is 0.887. The van der Waals surface area contributed by atoms with Crippen LogP contribution in [0.3, 0.4) is 0 Å². The molecule has 3 heteroatoms. The minimum Gasteiger partial charge on any atom is -0.345 e. The zero-order valence-electron chi connectivity index (χ0n) is 10.6. The van der Waals surface area contributed by atoms with Crippen LogP contribution < -0.4 is 5.73 Å². The van der Waals surface area contributed by atoms with Crippen molar-refractivity contribution in [2.45, 2.75) is 46.1 Å². The van der Waals surface area contributed by atoms with Gasteiger partial charge in [-0.3, -0.25) is 4.79 Å². The summed E-state index contributed by atoms with van der Waals surface area (Å²) in [5.41, 5.74) is 5.06. The molecule has 0 unspecified atom stereocenters. The lowest BCUT2D eigenvalue weighted by atomic mass is 9.74. The molecule has 0 aliphatic heterocycles. The third kappa shape index (κ3) is 2.71. The van der Waals surface area contributed by atoms with E-state index in [1.54, 1.807) is 0 Å². The molecule has 15 heavy (non-hydrogen) atoms. The van der Waals surface area contributed by atoms with Crippen LogP contribution in [-0.2, 0) is 4.79 Å². The Hall–Kier alpha value is -0.570. The van der Waals surface area contributed by atoms with Gasteiger partial charge in [-0.1, -0.05) is 0 Å². The average Bonchev–Trinajstić information content (AvgIpc) is 2.84. The predicted molar refractivity (Wildman–Crippen MR) is 62.4 cm³/mol. The van der Waals surface area contributed by atoms with E-state index >= 15 is 0 Å². The zero-order chi connectivity index (χ0) is 11.9. The van der Waals surface area contributed by atoms with Crippen LogP contribution in [0.25, 0.3) is 0 Å². The Balaban J connectivity index is 2.64. The first-order valence-electron chi connectivity index (χ1n) is 5.70. The summed E-state index contributed by atoms with van der Waals surface area (Å²) in [6.45, 7) is 8.57. The highest BCUT2D eigenvalue weighted by atomic mass is 16.2. The Morgan fingerprint density at radius 1 is 1.33 bits per heavy atom. The molecule has 0 radical (unpaired) electrons. The highest BCUT2D eigenvalue weighted by Gasteiger charge is 2.42. The molecule has 0 bridgehead atoms. The van der Waals surface area contributed by atoms with E-state index in [0.717, 1.165) is 12.5 Å². The van der Waals surface area contributed by atoms with Gasteiger partial charge in [0.1, 0.15) is 0 Å². The molecule has 0 aromatic heterocycles. The molecule has 0 aromatic rings. The van der Waals surface area contributed by atoms with Gasteiger partial charge in [0, 0.05) is 19.1 Å². The summed E-state index contributed by atoms with van der Waals surface area (Å²) in [4.78, 5) is 14.1. The summed E-state index contributed by atoms with van der Waals surface area (Å²) >= 11 is 0. The van der Waals surface area contributed by atoms with Gasteiger partial charge in [-0.15, -0.1) is 0 Å². The van der Waals surface area contributed by atoms with Crippen LogP contribution >= 0.6 is 0 Å². The third-order valence-electron chi connectivity index (χ3n) is 3.72. The van der Waals surface area contributed by atoms with E-state index in [0.29, 0.717) is 0 Å². The molecule has 3 nitrogen and oxygen atoms in total. The van der Waals surface area contributed by atoms with E-state index in [1.807, 2.05) is 39.6 Å². The van der Waals surface area contributed by atoms with Crippen LogP contribution in [0, 0.1) is 11.3 Å². The van der Waals surface area contributed by atoms with Crippen molar-refractivity contribution in [1.29, 1.82) is 0 Å². The van der Waals surface area contributed by atoms with Crippen LogP contribution in [-0.4, -0.2) is 29.9 Å². The quantitative estimate of drug-likeness (QED) is 0.769. The Morgan fingerprint density at radius 2 is 1.80 bits per heavy atom. The normalized spacial score (nSPS) is 17.7. The summed E-state index contributed by atoms with van der Waals surface area (Å²) in [7, 11) is 1.88. The standard InChI is InChI=1S/C12H24N2O/c1-11(2,12(3,4)13)10(15)14(5)8-9-6-7-9/h9H,6-8,13H2,1-5H3. The molecule has 0 atom stereocenters. The largest absolute Gasteiger partial charge is 0.345 e. The molecular formula is C12H24N2O. The molecular weight excluding hydrogens is 188 g/mol. The molecule has 88 valence electrons. The van der Waals surface area contributed by atoms with E-state index in [2.05, 4.69) is 0 Å². The van der Waals surface area contributed by atoms with E-state index < -0.39 is 11.0 Å². The minimum absolute atomic E-state index is 0.155. The van der Waals surface area contributed by atoms with Gasteiger partial charge in [-0.25, -0.2) is 0 Å². The Morgan fingerprint density at radius 3 is 2.13 bits per heavy atom. The number of carbonyl (C=O) groups excluding carboxylic acids is 1. The van der Waals surface area contributed by atoms with Crippen molar-refractivity contribution in [2.24, 2.45) is 17.1 Å². The molecule has 0 heterocycles. The smallest absolute Gasteiger partial charge is 0.229 e. The number of carbonyl (C=O) groups is 1. The SMILES string of the molecule is CN(CC1CC1)C(=O)C(C)(C)C(C)(C)N. The number of amides is 1. The molecule has 1 amide bonds. The van der Waals surface area contributed by atoms with Gasteiger partial charge in [-0.05, 0) is 46.5 Å². The maximum Gasteiger partial charge on any atom is 0.229 e. The molecule has 1 fully saturated rings. The van der Waals surface area contributed by atoms with E-state index in [9.17, 15) is 4.79 Å². The second-order valence-electron chi connectivity index (χ2n) is 5.98.